The van der Waals surface area contributed by atoms with Crippen molar-refractivity contribution in [1.29, 1.82) is 0 Å². The largest absolute Gasteiger partial charge is 0.496 e. The minimum Gasteiger partial charge on any atom is -0.399 e. The number of urea groups is 1. The Hall–Kier alpha value is -1.24. The Labute approximate surface area is 143 Å². The normalized spacial score (nSPS) is 18.8. The smallest absolute Gasteiger partial charge is 0.399 e. The van der Waals surface area contributed by atoms with Gasteiger partial charge in [-0.05, 0) is 52.8 Å². The predicted molar refractivity (Wildman–Crippen MR) is 94.5 cm³/mol. The molecule has 126 valence electrons. The maximum Gasteiger partial charge on any atom is 0.496 e. The van der Waals surface area contributed by atoms with Crippen molar-refractivity contribution in [3.63, 3.8) is 0 Å². The molecule has 0 unspecified atom stereocenters. The molecular weight excluding hydrogens is 314 g/mol. The number of carbonyl (C=O) groups excluding carboxylic acids is 1. The fourth-order valence-corrected chi connectivity index (χ4v) is 2.34. The maximum atomic E-state index is 12.0. The molecule has 2 rings (SSSR count). The summed E-state index contributed by atoms with van der Waals surface area (Å²) in [6.45, 7) is 10.5. The maximum absolute atomic E-state index is 12.0. The van der Waals surface area contributed by atoms with Gasteiger partial charge in [-0.15, -0.1) is 0 Å². The Morgan fingerprint density at radius 2 is 1.83 bits per heavy atom. The van der Waals surface area contributed by atoms with Crippen LogP contribution in [0.3, 0.4) is 0 Å². The van der Waals surface area contributed by atoms with Crippen molar-refractivity contribution in [3.8, 4) is 0 Å². The highest BCUT2D eigenvalue weighted by Crippen LogP contribution is 2.37. The molecule has 0 bridgehead atoms. The molecule has 1 aromatic rings. The summed E-state index contributed by atoms with van der Waals surface area (Å²) in [4.78, 5) is 13.6. The van der Waals surface area contributed by atoms with Crippen LogP contribution in [0.4, 0.5) is 10.5 Å². The van der Waals surface area contributed by atoms with Crippen LogP contribution in [0, 0.1) is 0 Å². The summed E-state index contributed by atoms with van der Waals surface area (Å²) in [5.41, 5.74) is 0.484. The molecule has 1 N–H and O–H groups in total. The van der Waals surface area contributed by atoms with Gasteiger partial charge in [-0.3, -0.25) is 0 Å². The van der Waals surface area contributed by atoms with Crippen LogP contribution in [0.2, 0.25) is 5.02 Å². The highest BCUT2D eigenvalue weighted by atomic mass is 35.5. The third kappa shape index (κ3) is 3.65. The number of hydrogen-bond acceptors (Lipinski definition) is 3. The van der Waals surface area contributed by atoms with E-state index in [1.807, 2.05) is 34.6 Å². The topological polar surface area (TPSA) is 50.8 Å². The Bertz CT molecular complexity index is 591. The fraction of sp³-hybridized carbons (Fsp3) is 0.562. The van der Waals surface area contributed by atoms with Crippen LogP contribution < -0.4 is 10.8 Å². The number of hydrogen-bond donors (Lipinski definition) is 1. The zero-order valence-corrected chi connectivity index (χ0v) is 15.3. The van der Waals surface area contributed by atoms with Gasteiger partial charge in [0, 0.05) is 29.8 Å². The molecule has 0 atom stereocenters. The second-order valence-electron chi connectivity index (χ2n) is 6.77. The van der Waals surface area contributed by atoms with E-state index in [4.69, 9.17) is 20.9 Å². The number of halogens is 1. The monoisotopic (exact) mass is 338 g/mol. The third-order valence-corrected chi connectivity index (χ3v) is 4.92. The van der Waals surface area contributed by atoms with Crippen molar-refractivity contribution in [2.45, 2.75) is 45.8 Å². The van der Waals surface area contributed by atoms with Crippen LogP contribution in [0.15, 0.2) is 18.2 Å². The minimum absolute atomic E-state index is 0.172. The standard InChI is InChI=1S/C16H24BClN2O3/c1-7-20(6)14(21)19-11-8-9-13(18)12(10-11)17-22-15(2,3)16(4,5)23-17/h8-10H,7H2,1-6H3,(H,19,21). The van der Waals surface area contributed by atoms with Crippen LogP contribution >= 0.6 is 11.6 Å². The SMILES string of the molecule is CCN(C)C(=O)Nc1ccc(Cl)c(B2OC(C)(C)C(C)(C)O2)c1. The lowest BCUT2D eigenvalue weighted by atomic mass is 9.79. The van der Waals surface area contributed by atoms with Crippen molar-refractivity contribution < 1.29 is 14.1 Å². The quantitative estimate of drug-likeness (QED) is 0.862. The third-order valence-electron chi connectivity index (χ3n) is 4.58. The number of anilines is 1. The molecule has 5 nitrogen and oxygen atoms in total. The number of rotatable bonds is 3. The first kappa shape index (κ1) is 18.1. The van der Waals surface area contributed by atoms with Crippen molar-refractivity contribution in [1.82, 2.24) is 4.90 Å². The molecule has 1 aliphatic heterocycles. The molecule has 0 spiro atoms. The second kappa shape index (κ2) is 6.34. The molecule has 23 heavy (non-hydrogen) atoms. The van der Waals surface area contributed by atoms with E-state index in [1.54, 1.807) is 30.1 Å². The van der Waals surface area contributed by atoms with Gasteiger partial charge in [0.2, 0.25) is 0 Å². The summed E-state index contributed by atoms with van der Waals surface area (Å²) in [7, 11) is 1.17. The van der Waals surface area contributed by atoms with E-state index in [1.165, 1.54) is 0 Å². The highest BCUT2D eigenvalue weighted by Gasteiger charge is 2.52. The Morgan fingerprint density at radius 1 is 1.26 bits per heavy atom. The van der Waals surface area contributed by atoms with Gasteiger partial charge in [-0.1, -0.05) is 11.6 Å². The van der Waals surface area contributed by atoms with Crippen LogP contribution in [-0.4, -0.2) is 42.8 Å². The average Bonchev–Trinajstić information content (AvgIpc) is 2.68. The van der Waals surface area contributed by atoms with Crippen LogP contribution in [-0.2, 0) is 9.31 Å². The van der Waals surface area contributed by atoms with E-state index >= 15 is 0 Å². The molecule has 1 aromatic carbocycles. The molecule has 1 saturated heterocycles. The van der Waals surface area contributed by atoms with Crippen molar-refractivity contribution in [3.05, 3.63) is 23.2 Å². The van der Waals surface area contributed by atoms with E-state index in [-0.39, 0.29) is 6.03 Å². The van der Waals surface area contributed by atoms with Gasteiger partial charge in [-0.2, -0.15) is 0 Å². The van der Waals surface area contributed by atoms with Crippen LogP contribution in [0.5, 0.6) is 0 Å². The van der Waals surface area contributed by atoms with Crippen molar-refractivity contribution >= 4 is 35.9 Å². The van der Waals surface area contributed by atoms with Gasteiger partial charge < -0.3 is 19.5 Å². The van der Waals surface area contributed by atoms with Crippen LogP contribution in [0.25, 0.3) is 0 Å². The number of benzene rings is 1. The van der Waals surface area contributed by atoms with Crippen molar-refractivity contribution in [2.75, 3.05) is 18.9 Å². The first-order valence-electron chi connectivity index (χ1n) is 7.74. The summed E-state index contributed by atoms with van der Waals surface area (Å²) in [5, 5.41) is 3.39. The van der Waals surface area contributed by atoms with Gasteiger partial charge in [0.15, 0.2) is 0 Å². The van der Waals surface area contributed by atoms with Gasteiger partial charge in [0.05, 0.1) is 11.2 Å². The summed E-state index contributed by atoms with van der Waals surface area (Å²) >= 11 is 6.31. The Kier molecular flexibility index (Phi) is 4.99. The zero-order chi connectivity index (χ0) is 17.4. The number of amides is 2. The lowest BCUT2D eigenvalue weighted by molar-refractivity contribution is 0.00578. The van der Waals surface area contributed by atoms with Crippen LogP contribution in [0.1, 0.15) is 34.6 Å². The summed E-state index contributed by atoms with van der Waals surface area (Å²) in [5.74, 6) is 0. The minimum atomic E-state index is -0.562. The van der Waals surface area contributed by atoms with Gasteiger partial charge in [-0.25, -0.2) is 4.79 Å². The second-order valence-corrected chi connectivity index (χ2v) is 7.18. The zero-order valence-electron chi connectivity index (χ0n) is 14.6. The van der Waals surface area contributed by atoms with E-state index in [9.17, 15) is 4.79 Å². The lowest BCUT2D eigenvalue weighted by Gasteiger charge is -2.32. The molecule has 0 aliphatic carbocycles. The van der Waals surface area contributed by atoms with Gasteiger partial charge in [0.1, 0.15) is 0 Å². The molecule has 1 fully saturated rings. The molecule has 1 heterocycles. The van der Waals surface area contributed by atoms with E-state index in [0.717, 1.165) is 0 Å². The van der Waals surface area contributed by atoms with Gasteiger partial charge in [0.25, 0.3) is 0 Å². The van der Waals surface area contributed by atoms with Crippen molar-refractivity contribution in [2.24, 2.45) is 0 Å². The van der Waals surface area contributed by atoms with E-state index in [0.29, 0.717) is 22.7 Å². The average molecular weight is 339 g/mol. The first-order chi connectivity index (χ1) is 10.6. The van der Waals surface area contributed by atoms with E-state index < -0.39 is 18.3 Å². The number of carbonyl (C=O) groups is 1. The summed E-state index contributed by atoms with van der Waals surface area (Å²) in [6, 6.07) is 5.13. The molecule has 0 saturated carbocycles. The molecule has 2 amide bonds. The lowest BCUT2D eigenvalue weighted by Crippen LogP contribution is -2.41. The van der Waals surface area contributed by atoms with Gasteiger partial charge >= 0.3 is 13.1 Å². The molecule has 0 aromatic heterocycles. The molecular formula is C16H24BClN2O3. The molecule has 7 heteroatoms. The first-order valence-corrected chi connectivity index (χ1v) is 8.12. The number of nitrogens with zero attached hydrogens (tertiary/aromatic N) is 1. The fourth-order valence-electron chi connectivity index (χ4n) is 2.13. The highest BCUT2D eigenvalue weighted by molar-refractivity contribution is 6.65. The Morgan fingerprint density at radius 3 is 2.35 bits per heavy atom. The van der Waals surface area contributed by atoms with E-state index in [2.05, 4.69) is 5.32 Å². The summed E-state index contributed by atoms with van der Waals surface area (Å²) < 4.78 is 12.1. The predicted octanol–water partition coefficient (Wildman–Crippen LogP) is 3.12. The number of nitrogens with one attached hydrogen (secondary N) is 1. The summed E-state index contributed by atoms with van der Waals surface area (Å²) in [6.07, 6.45) is 0. The molecule has 1 aliphatic rings. The Balaban J connectivity index is 2.24. The molecule has 0 radical (unpaired) electrons.